The summed E-state index contributed by atoms with van der Waals surface area (Å²) in [6.45, 7) is -0.270. The Kier molecular flexibility index (Phi) is 6.63. The van der Waals surface area contributed by atoms with Crippen molar-refractivity contribution in [2.75, 3.05) is 13.2 Å². The SMILES string of the molecule is NC(=O)OCCNC(=O)NC(CC(=O)O)C(=O)O. The van der Waals surface area contributed by atoms with E-state index in [1.165, 1.54) is 0 Å². The molecule has 0 bridgehead atoms. The van der Waals surface area contributed by atoms with Gasteiger partial charge in [-0.1, -0.05) is 0 Å². The number of carboxylic acids is 2. The second kappa shape index (κ2) is 7.70. The van der Waals surface area contributed by atoms with Crippen molar-refractivity contribution in [2.45, 2.75) is 12.5 Å². The van der Waals surface area contributed by atoms with Crippen molar-refractivity contribution >= 4 is 24.1 Å². The minimum absolute atomic E-state index is 0.0891. The van der Waals surface area contributed by atoms with Crippen LogP contribution in [-0.2, 0) is 14.3 Å². The quantitative estimate of drug-likeness (QED) is 0.341. The molecule has 0 radical (unpaired) electrons. The van der Waals surface area contributed by atoms with Crippen LogP contribution in [0.3, 0.4) is 0 Å². The molecule has 0 aliphatic rings. The molecule has 0 spiro atoms. The van der Waals surface area contributed by atoms with E-state index in [0.717, 1.165) is 0 Å². The van der Waals surface area contributed by atoms with E-state index in [9.17, 15) is 19.2 Å². The maximum Gasteiger partial charge on any atom is 0.404 e. The molecule has 0 aromatic rings. The lowest BCUT2D eigenvalue weighted by Gasteiger charge is -2.13. The van der Waals surface area contributed by atoms with Crippen molar-refractivity contribution in [3.8, 4) is 0 Å². The fourth-order valence-electron chi connectivity index (χ4n) is 0.900. The number of primary amides is 1. The highest BCUT2D eigenvalue weighted by atomic mass is 16.5. The van der Waals surface area contributed by atoms with E-state index in [1.807, 2.05) is 5.32 Å². The number of hydrogen-bond acceptors (Lipinski definition) is 5. The lowest BCUT2D eigenvalue weighted by Crippen LogP contribution is -2.47. The van der Waals surface area contributed by atoms with Gasteiger partial charge in [-0.2, -0.15) is 0 Å². The van der Waals surface area contributed by atoms with Gasteiger partial charge in [0, 0.05) is 0 Å². The fraction of sp³-hybridized carbons (Fsp3) is 0.500. The van der Waals surface area contributed by atoms with E-state index in [1.54, 1.807) is 0 Å². The van der Waals surface area contributed by atoms with Crippen molar-refractivity contribution in [2.24, 2.45) is 5.73 Å². The lowest BCUT2D eigenvalue weighted by atomic mass is 10.2. The second-order valence-corrected chi connectivity index (χ2v) is 3.06. The summed E-state index contributed by atoms with van der Waals surface area (Å²) in [6, 6.07) is -2.43. The first-order chi connectivity index (χ1) is 8.32. The minimum Gasteiger partial charge on any atom is -0.481 e. The largest absolute Gasteiger partial charge is 0.481 e. The Morgan fingerprint density at radius 3 is 2.28 bits per heavy atom. The van der Waals surface area contributed by atoms with Crippen molar-refractivity contribution < 1.29 is 34.1 Å². The van der Waals surface area contributed by atoms with Gasteiger partial charge in [0.25, 0.3) is 0 Å². The molecule has 0 heterocycles. The van der Waals surface area contributed by atoms with Crippen LogP contribution in [0.5, 0.6) is 0 Å². The minimum atomic E-state index is -1.54. The summed E-state index contributed by atoms with van der Waals surface area (Å²) in [6.07, 6.45) is -1.76. The number of carboxylic acid groups (broad SMARTS) is 2. The molecule has 0 aliphatic carbocycles. The van der Waals surface area contributed by atoms with Gasteiger partial charge >= 0.3 is 24.1 Å². The van der Waals surface area contributed by atoms with Gasteiger partial charge in [-0.25, -0.2) is 14.4 Å². The zero-order valence-electron chi connectivity index (χ0n) is 9.21. The third kappa shape index (κ3) is 7.73. The van der Waals surface area contributed by atoms with Crippen molar-refractivity contribution in [1.82, 2.24) is 10.6 Å². The number of ether oxygens (including phenoxy) is 1. The molecule has 0 aromatic carbocycles. The first-order valence-electron chi connectivity index (χ1n) is 4.74. The Labute approximate surface area is 101 Å². The van der Waals surface area contributed by atoms with Crippen LogP contribution in [0.1, 0.15) is 6.42 Å². The predicted molar refractivity (Wildman–Crippen MR) is 55.7 cm³/mol. The molecule has 10 nitrogen and oxygen atoms in total. The maximum absolute atomic E-state index is 11.1. The van der Waals surface area contributed by atoms with Gasteiger partial charge < -0.3 is 31.3 Å². The van der Waals surface area contributed by atoms with E-state index in [4.69, 9.17) is 10.2 Å². The van der Waals surface area contributed by atoms with Gasteiger partial charge in [-0.15, -0.1) is 0 Å². The highest BCUT2D eigenvalue weighted by Gasteiger charge is 2.22. The van der Waals surface area contributed by atoms with Crippen LogP contribution in [0.15, 0.2) is 0 Å². The monoisotopic (exact) mass is 263 g/mol. The Bertz CT molecular complexity index is 344. The van der Waals surface area contributed by atoms with Gasteiger partial charge in [0.2, 0.25) is 0 Å². The van der Waals surface area contributed by atoms with Gasteiger partial charge in [0.15, 0.2) is 0 Å². The first-order valence-corrected chi connectivity index (χ1v) is 4.74. The van der Waals surface area contributed by atoms with Gasteiger partial charge in [-0.05, 0) is 0 Å². The average molecular weight is 263 g/mol. The summed E-state index contributed by atoms with van der Waals surface area (Å²) in [5.74, 6) is -2.83. The van der Waals surface area contributed by atoms with E-state index < -0.39 is 36.5 Å². The number of amides is 3. The standard InChI is InChI=1S/C8H13N3O7/c9-7(16)18-2-1-10-8(17)11-4(6(14)15)3-5(12)13/h4H,1-3H2,(H2,9,16)(H,12,13)(H,14,15)(H2,10,11,17). The Hall–Kier alpha value is -2.52. The zero-order chi connectivity index (χ0) is 14.1. The Morgan fingerprint density at radius 1 is 1.22 bits per heavy atom. The van der Waals surface area contributed by atoms with Crippen molar-refractivity contribution in [3.05, 3.63) is 0 Å². The number of hydrogen-bond donors (Lipinski definition) is 5. The molecule has 1 unspecified atom stereocenters. The highest BCUT2D eigenvalue weighted by molar-refractivity contribution is 5.86. The summed E-state index contributed by atoms with van der Waals surface area (Å²) in [7, 11) is 0. The molecule has 0 rings (SSSR count). The Morgan fingerprint density at radius 2 is 1.83 bits per heavy atom. The number of nitrogens with two attached hydrogens (primary N) is 1. The van der Waals surface area contributed by atoms with Crippen molar-refractivity contribution in [3.63, 3.8) is 0 Å². The molecular weight excluding hydrogens is 250 g/mol. The van der Waals surface area contributed by atoms with E-state index >= 15 is 0 Å². The van der Waals surface area contributed by atoms with Crippen LogP contribution < -0.4 is 16.4 Å². The fourth-order valence-corrected chi connectivity index (χ4v) is 0.900. The first kappa shape index (κ1) is 15.5. The van der Waals surface area contributed by atoms with Gasteiger partial charge in [0.1, 0.15) is 12.6 Å². The number of nitrogens with one attached hydrogen (secondary N) is 2. The topological polar surface area (TPSA) is 168 Å². The smallest absolute Gasteiger partial charge is 0.404 e. The van der Waals surface area contributed by atoms with Crippen LogP contribution in [0.2, 0.25) is 0 Å². The molecule has 0 aliphatic heterocycles. The molecule has 3 amide bonds. The molecule has 1 atom stereocenters. The highest BCUT2D eigenvalue weighted by Crippen LogP contribution is 1.92. The number of urea groups is 1. The third-order valence-corrected chi connectivity index (χ3v) is 1.61. The predicted octanol–water partition coefficient (Wildman–Crippen LogP) is -1.69. The number of carbonyl (C=O) groups is 4. The number of rotatable bonds is 7. The van der Waals surface area contributed by atoms with Crippen LogP contribution in [0.4, 0.5) is 9.59 Å². The summed E-state index contributed by atoms with van der Waals surface area (Å²) >= 11 is 0. The number of aliphatic carboxylic acids is 2. The molecule has 0 saturated heterocycles. The Balaban J connectivity index is 3.99. The molecule has 102 valence electrons. The van der Waals surface area contributed by atoms with Gasteiger partial charge in [-0.3, -0.25) is 4.79 Å². The third-order valence-electron chi connectivity index (χ3n) is 1.61. The van der Waals surface area contributed by atoms with Crippen LogP contribution in [0, 0.1) is 0 Å². The molecule has 0 fully saturated rings. The summed E-state index contributed by atoms with van der Waals surface area (Å²) in [5, 5.41) is 21.1. The molecule has 10 heteroatoms. The molecule has 18 heavy (non-hydrogen) atoms. The normalized spacial score (nSPS) is 11.1. The van der Waals surface area contributed by atoms with Crippen LogP contribution in [-0.4, -0.2) is 53.5 Å². The molecule has 0 saturated carbocycles. The molecule has 6 N–H and O–H groups in total. The molecule has 0 aromatic heterocycles. The summed E-state index contributed by atoms with van der Waals surface area (Å²) < 4.78 is 4.30. The molecular formula is C8H13N3O7. The zero-order valence-corrected chi connectivity index (χ0v) is 9.21. The van der Waals surface area contributed by atoms with Crippen LogP contribution in [0.25, 0.3) is 0 Å². The number of carbonyl (C=O) groups excluding carboxylic acids is 2. The van der Waals surface area contributed by atoms with E-state index in [2.05, 4.69) is 15.8 Å². The van der Waals surface area contributed by atoms with E-state index in [-0.39, 0.29) is 13.2 Å². The van der Waals surface area contributed by atoms with E-state index in [0.29, 0.717) is 0 Å². The average Bonchev–Trinajstić information content (AvgIpc) is 2.22. The van der Waals surface area contributed by atoms with Crippen LogP contribution >= 0.6 is 0 Å². The maximum atomic E-state index is 11.1. The van der Waals surface area contributed by atoms with Crippen molar-refractivity contribution in [1.29, 1.82) is 0 Å². The summed E-state index contributed by atoms with van der Waals surface area (Å²) in [4.78, 5) is 42.2. The summed E-state index contributed by atoms with van der Waals surface area (Å²) in [5.41, 5.74) is 4.65. The second-order valence-electron chi connectivity index (χ2n) is 3.06. The van der Waals surface area contributed by atoms with Gasteiger partial charge in [0.05, 0.1) is 13.0 Å². The lowest BCUT2D eigenvalue weighted by molar-refractivity contribution is -0.145.